The first-order valence-electron chi connectivity index (χ1n) is 22.9. The van der Waals surface area contributed by atoms with Crippen LogP contribution in [-0.4, -0.2) is 16.2 Å². The summed E-state index contributed by atoms with van der Waals surface area (Å²) in [6, 6.07) is 62.6. The molecular weight excluding hydrogens is 777 g/mol. The average molecular weight is 832 g/mol. The molecule has 13 rings (SSSR count). The Balaban J connectivity index is 1.17. The van der Waals surface area contributed by atoms with Crippen LogP contribution in [0.5, 0.6) is 0 Å². The number of fused-ring (bicyclic) bond motifs is 6. The van der Waals surface area contributed by atoms with E-state index in [0.29, 0.717) is 4.48 Å². The van der Waals surface area contributed by atoms with Crippen LogP contribution in [0.4, 0.5) is 22.7 Å². The smallest absolute Gasteiger partial charge is 0.186 e. The van der Waals surface area contributed by atoms with Crippen LogP contribution >= 0.6 is 0 Å². The van der Waals surface area contributed by atoms with Gasteiger partial charge in [0.15, 0.2) is 18.0 Å². The monoisotopic (exact) mass is 831 g/mol. The van der Waals surface area contributed by atoms with Crippen molar-refractivity contribution in [3.63, 3.8) is 0 Å². The Kier molecular flexibility index (Phi) is 8.07. The lowest BCUT2D eigenvalue weighted by atomic mass is 9.66. The van der Waals surface area contributed by atoms with E-state index in [2.05, 4.69) is 230 Å². The Morgan fingerprint density at radius 3 is 1.75 bits per heavy atom. The number of aromatic nitrogens is 2. The number of rotatable bonds is 5. The highest BCUT2D eigenvalue weighted by Gasteiger charge is 2.63. The Labute approximate surface area is 377 Å². The van der Waals surface area contributed by atoms with E-state index in [-0.39, 0.29) is 10.8 Å². The molecule has 0 saturated carbocycles. The lowest BCUT2D eigenvalue weighted by molar-refractivity contribution is 0.187. The molecule has 5 heterocycles. The van der Waals surface area contributed by atoms with E-state index in [1.165, 1.54) is 89.2 Å². The molecule has 0 spiro atoms. The zero-order valence-corrected chi connectivity index (χ0v) is 38.2. The highest BCUT2D eigenvalue weighted by molar-refractivity contribution is 6.09. The number of hydrogen-bond donors (Lipinski definition) is 0. The van der Waals surface area contributed by atoms with Crippen LogP contribution in [0.2, 0.25) is 0 Å². The molecule has 0 unspecified atom stereocenters. The van der Waals surface area contributed by atoms with Crippen molar-refractivity contribution < 1.29 is 0 Å². The lowest BCUT2D eigenvalue weighted by Gasteiger charge is -2.56. The molecule has 2 atom stereocenters. The van der Waals surface area contributed by atoms with Gasteiger partial charge in [-0.2, -0.15) is 0 Å². The fourth-order valence-corrected chi connectivity index (χ4v) is 11.6. The Bertz CT molecular complexity index is 3340. The molecular formula is C60H55N4+. The summed E-state index contributed by atoms with van der Waals surface area (Å²) in [5.41, 5.74) is 20.0. The molecule has 1 saturated heterocycles. The van der Waals surface area contributed by atoms with E-state index in [9.17, 15) is 0 Å². The molecule has 0 N–H and O–H groups in total. The molecule has 0 radical (unpaired) electrons. The van der Waals surface area contributed by atoms with E-state index >= 15 is 0 Å². The number of hydrogen-bond acceptors (Lipinski definition) is 1. The SMILES string of the molecule is Cc1cc2c(cc1C)[N@+]1(c3cc(C(C)(C)C)cc(C4(c5ccc6c7ccccc7n(-c7cc(C(C)(C)C)ccn7)c6c5)c5ccccc5-c5ccccc54)c3)[CH-][N@@+]2(c2ccccc2)C1. The molecule has 1 fully saturated rings. The van der Waals surface area contributed by atoms with Gasteiger partial charge in [0.1, 0.15) is 17.2 Å². The van der Waals surface area contributed by atoms with E-state index in [0.717, 1.165) is 28.0 Å². The Morgan fingerprint density at radius 1 is 0.516 bits per heavy atom. The third-order valence-electron chi connectivity index (χ3n) is 15.1. The molecule has 1 aliphatic carbocycles. The van der Waals surface area contributed by atoms with Crippen LogP contribution in [0.25, 0.3) is 38.8 Å². The first-order valence-corrected chi connectivity index (χ1v) is 22.9. The summed E-state index contributed by atoms with van der Waals surface area (Å²) in [7, 11) is 0. The molecule has 64 heavy (non-hydrogen) atoms. The maximum atomic E-state index is 5.09. The Hall–Kier alpha value is -6.59. The molecule has 314 valence electrons. The van der Waals surface area contributed by atoms with E-state index in [1.807, 2.05) is 6.20 Å². The minimum Gasteiger partial charge on any atom is -0.294 e. The van der Waals surface area contributed by atoms with Crippen LogP contribution in [0.15, 0.2) is 170 Å². The van der Waals surface area contributed by atoms with Gasteiger partial charge in [-0.25, -0.2) is 4.98 Å². The largest absolute Gasteiger partial charge is 0.294 e. The maximum absolute atomic E-state index is 5.09. The molecule has 7 aromatic carbocycles. The van der Waals surface area contributed by atoms with Crippen molar-refractivity contribution in [3.05, 3.63) is 221 Å². The standard InChI is InChI=1S/C60H55N4/c1-39-30-55-56(31-40(39)2)64(37-63(55,38-64)45-18-10-9-11-19-45)46-33-43(59(6,7)8)32-44(34-46)60(51-23-15-12-20-47(51)48-21-13-16-24-52(48)60)42-26-27-50-49-22-14-17-25-53(49)62(54(50)35-42)57-36-41(28-29-61-57)58(3,4)5/h9-37H,38H2,1-8H3/q+1/t63-,64+/m0/s1. The number of nitrogens with zero attached hydrogens (tertiary/aromatic N) is 4. The van der Waals surface area contributed by atoms with Crippen molar-refractivity contribution in [1.29, 1.82) is 0 Å². The zero-order chi connectivity index (χ0) is 44.0. The quantitative estimate of drug-likeness (QED) is 0.125. The van der Waals surface area contributed by atoms with E-state index in [1.54, 1.807) is 0 Å². The number of quaternary nitrogens is 2. The van der Waals surface area contributed by atoms with Gasteiger partial charge in [0.2, 0.25) is 0 Å². The molecule has 3 aliphatic heterocycles. The van der Waals surface area contributed by atoms with Crippen LogP contribution in [-0.2, 0) is 16.2 Å². The van der Waals surface area contributed by atoms with Gasteiger partial charge < -0.3 is 0 Å². The van der Waals surface area contributed by atoms with Gasteiger partial charge in [0.25, 0.3) is 0 Å². The molecule has 2 bridgehead atoms. The highest BCUT2D eigenvalue weighted by Crippen LogP contribution is 2.66. The van der Waals surface area contributed by atoms with Gasteiger partial charge in [0, 0.05) is 41.2 Å². The van der Waals surface area contributed by atoms with Crippen molar-refractivity contribution in [3.8, 4) is 16.9 Å². The first-order chi connectivity index (χ1) is 30.7. The summed E-state index contributed by atoms with van der Waals surface area (Å²) in [6.45, 7) is 22.0. The number of pyridine rings is 1. The van der Waals surface area contributed by atoms with Crippen LogP contribution in [0, 0.1) is 20.5 Å². The third-order valence-corrected chi connectivity index (χ3v) is 15.1. The molecule has 4 heteroatoms. The second kappa shape index (κ2) is 13.2. The van der Waals surface area contributed by atoms with Gasteiger partial charge in [-0.1, -0.05) is 145 Å². The molecule has 2 aromatic heterocycles. The van der Waals surface area contributed by atoms with Gasteiger partial charge in [-0.05, 0) is 117 Å². The fourth-order valence-electron chi connectivity index (χ4n) is 11.6. The summed E-state index contributed by atoms with van der Waals surface area (Å²) in [5.74, 6) is 0.941. The van der Waals surface area contributed by atoms with Crippen LogP contribution < -0.4 is 8.97 Å². The summed E-state index contributed by atoms with van der Waals surface area (Å²) in [5, 5.41) is 2.46. The maximum Gasteiger partial charge on any atom is 0.186 e. The first kappa shape index (κ1) is 39.0. The minimum absolute atomic E-state index is 0.0222. The predicted molar refractivity (Wildman–Crippen MR) is 268 cm³/mol. The van der Waals surface area contributed by atoms with Crippen LogP contribution in [0.1, 0.15) is 86.1 Å². The van der Waals surface area contributed by atoms with Crippen molar-refractivity contribution in [2.75, 3.05) is 6.67 Å². The number of benzene rings is 7. The second-order valence-corrected chi connectivity index (χ2v) is 20.9. The second-order valence-electron chi connectivity index (χ2n) is 20.9. The predicted octanol–water partition coefficient (Wildman–Crippen LogP) is 15.1. The average Bonchev–Trinajstić information content (AvgIpc) is 3.96. The normalized spacial score (nSPS) is 19.4. The molecule has 9 aromatic rings. The molecule has 4 aliphatic rings. The van der Waals surface area contributed by atoms with Crippen molar-refractivity contribution in [2.24, 2.45) is 0 Å². The van der Waals surface area contributed by atoms with Crippen molar-refractivity contribution in [1.82, 2.24) is 18.5 Å². The van der Waals surface area contributed by atoms with E-state index in [4.69, 9.17) is 4.98 Å². The van der Waals surface area contributed by atoms with Gasteiger partial charge in [0.05, 0.1) is 23.1 Å². The van der Waals surface area contributed by atoms with Crippen molar-refractivity contribution in [2.45, 2.75) is 71.6 Å². The highest BCUT2D eigenvalue weighted by atomic mass is 15.7. The lowest BCUT2D eigenvalue weighted by Crippen LogP contribution is -2.67. The molecule has 0 amide bonds. The van der Waals surface area contributed by atoms with E-state index < -0.39 is 5.41 Å². The summed E-state index contributed by atoms with van der Waals surface area (Å²) in [4.78, 5) is 5.09. The van der Waals surface area contributed by atoms with Gasteiger partial charge >= 0.3 is 0 Å². The zero-order valence-electron chi connectivity index (χ0n) is 38.2. The fraction of sp³-hybridized carbons (Fsp3) is 0.200. The molecule has 4 nitrogen and oxygen atoms in total. The summed E-state index contributed by atoms with van der Waals surface area (Å²) >= 11 is 0. The third kappa shape index (κ3) is 5.21. The van der Waals surface area contributed by atoms with Gasteiger partial charge in [-0.3, -0.25) is 13.5 Å². The van der Waals surface area contributed by atoms with Gasteiger partial charge in [-0.15, -0.1) is 0 Å². The topological polar surface area (TPSA) is 17.8 Å². The summed E-state index contributed by atoms with van der Waals surface area (Å²) in [6.07, 6.45) is 1.98. The Morgan fingerprint density at radius 2 is 1.09 bits per heavy atom. The number of aryl methyl sites for hydroxylation is 2. The number of para-hydroxylation sites is 2. The summed E-state index contributed by atoms with van der Waals surface area (Å²) < 4.78 is 3.85. The van der Waals surface area contributed by atoms with Crippen LogP contribution in [0.3, 0.4) is 0 Å². The van der Waals surface area contributed by atoms with Crippen molar-refractivity contribution >= 4 is 44.6 Å². The minimum atomic E-state index is -0.625.